The minimum atomic E-state index is -0.543. The molecule has 0 bridgehead atoms. The van der Waals surface area contributed by atoms with Gasteiger partial charge in [0.05, 0.1) is 13.2 Å². The molecule has 1 N–H and O–H groups in total. The molecule has 1 unspecified atom stereocenters. The number of hydrogen-bond acceptors (Lipinski definition) is 4. The van der Waals surface area contributed by atoms with Crippen molar-refractivity contribution in [2.24, 2.45) is 0 Å². The average Bonchev–Trinajstić information content (AvgIpc) is 3.12. The van der Waals surface area contributed by atoms with Crippen molar-refractivity contribution in [3.63, 3.8) is 0 Å². The highest BCUT2D eigenvalue weighted by atomic mass is 16.6. The highest BCUT2D eigenvalue weighted by Crippen LogP contribution is 2.13. The lowest BCUT2D eigenvalue weighted by Gasteiger charge is -2.15. The van der Waals surface area contributed by atoms with Gasteiger partial charge in [0.15, 0.2) is 0 Å². The molecule has 0 aromatic rings. The first-order valence-electron chi connectivity index (χ1n) is 21.7. The number of aliphatic hydroxyl groups excluding tert-OH is 1. The van der Waals surface area contributed by atoms with Crippen molar-refractivity contribution in [3.8, 4) is 0 Å². The molecule has 0 aromatic heterocycles. The Morgan fingerprint density at radius 3 is 1.26 bits per heavy atom. The molecule has 0 aromatic carbocycles. The molecule has 0 rings (SSSR count). The average molecular weight is 701 g/mol. The molecule has 0 saturated heterocycles. The Kier molecular flexibility index (Phi) is 42.1. The number of hydrogen-bond donors (Lipinski definition) is 1. The van der Waals surface area contributed by atoms with Crippen molar-refractivity contribution in [2.45, 2.75) is 219 Å². The fraction of sp³-hybridized carbons (Fsp3) is 0.804. The molecular weight excluding hydrogens is 617 g/mol. The predicted octanol–water partition coefficient (Wildman–Crippen LogP) is 14.3. The Morgan fingerprint density at radius 2 is 0.840 bits per heavy atom. The van der Waals surface area contributed by atoms with Crippen LogP contribution >= 0.6 is 0 Å². The van der Waals surface area contributed by atoms with E-state index in [-0.39, 0.29) is 19.2 Å². The third-order valence-corrected chi connectivity index (χ3v) is 9.38. The fourth-order valence-electron chi connectivity index (χ4n) is 6.09. The molecule has 0 saturated carbocycles. The zero-order valence-electron chi connectivity index (χ0n) is 33.4. The highest BCUT2D eigenvalue weighted by Gasteiger charge is 2.13. The molecule has 0 fully saturated rings. The lowest BCUT2D eigenvalue weighted by Crippen LogP contribution is -2.27. The number of ether oxygens (including phenoxy) is 2. The number of carbonyl (C=O) groups is 1. The van der Waals surface area contributed by atoms with Gasteiger partial charge in [-0.1, -0.05) is 178 Å². The van der Waals surface area contributed by atoms with E-state index in [1.165, 1.54) is 154 Å². The van der Waals surface area contributed by atoms with E-state index in [9.17, 15) is 9.90 Å². The first kappa shape index (κ1) is 48.3. The Hall–Kier alpha value is -1.65. The summed E-state index contributed by atoms with van der Waals surface area (Å²) in [6, 6.07) is 0. The lowest BCUT2D eigenvalue weighted by molar-refractivity contribution is -0.154. The summed E-state index contributed by atoms with van der Waals surface area (Å²) >= 11 is 0. The summed E-state index contributed by atoms with van der Waals surface area (Å²) in [5.74, 6) is -0.209. The largest absolute Gasteiger partial charge is 0.457 e. The van der Waals surface area contributed by atoms with Gasteiger partial charge in [0, 0.05) is 13.0 Å². The summed E-state index contributed by atoms with van der Waals surface area (Å²) < 4.78 is 11.2. The summed E-state index contributed by atoms with van der Waals surface area (Å²) in [5.41, 5.74) is 0. The minimum Gasteiger partial charge on any atom is -0.457 e. The van der Waals surface area contributed by atoms with Gasteiger partial charge in [0.25, 0.3) is 0 Å². The number of carbonyl (C=O) groups excluding carboxylic acids is 1. The molecule has 0 aliphatic heterocycles. The van der Waals surface area contributed by atoms with E-state index < -0.39 is 6.10 Å². The van der Waals surface area contributed by atoms with Crippen LogP contribution in [0.15, 0.2) is 48.6 Å². The molecular formula is C46H84O4. The summed E-state index contributed by atoms with van der Waals surface area (Å²) in [7, 11) is 0. The van der Waals surface area contributed by atoms with Gasteiger partial charge < -0.3 is 14.6 Å². The number of aliphatic hydroxyl groups is 1. The highest BCUT2D eigenvalue weighted by molar-refractivity contribution is 5.69. The van der Waals surface area contributed by atoms with E-state index in [1.807, 2.05) is 0 Å². The number of unbranched alkanes of at least 4 members (excludes halogenated alkanes) is 24. The second-order valence-corrected chi connectivity index (χ2v) is 14.4. The SMILES string of the molecule is CCCCCC/C=C\C/C=C\CCCCCCCCOCC(CO)OC(=O)CCCCCCCCCCC/C=C\C/C=C\CCCCCCC. The van der Waals surface area contributed by atoms with Gasteiger partial charge in [-0.05, 0) is 77.0 Å². The minimum absolute atomic E-state index is 0.178. The van der Waals surface area contributed by atoms with Gasteiger partial charge in [-0.2, -0.15) is 0 Å². The van der Waals surface area contributed by atoms with E-state index in [2.05, 4.69) is 62.5 Å². The smallest absolute Gasteiger partial charge is 0.306 e. The fourth-order valence-corrected chi connectivity index (χ4v) is 6.09. The molecule has 0 spiro atoms. The van der Waals surface area contributed by atoms with Crippen LogP contribution in [0.25, 0.3) is 0 Å². The Balaban J connectivity index is 3.46. The van der Waals surface area contributed by atoms with Crippen molar-refractivity contribution >= 4 is 5.97 Å². The first-order valence-corrected chi connectivity index (χ1v) is 21.7. The molecule has 0 amide bonds. The van der Waals surface area contributed by atoms with Crippen LogP contribution in [0.3, 0.4) is 0 Å². The number of esters is 1. The normalized spacial score (nSPS) is 12.8. The number of allylic oxidation sites excluding steroid dienone is 8. The second kappa shape index (κ2) is 43.5. The lowest BCUT2D eigenvalue weighted by atomic mass is 10.1. The van der Waals surface area contributed by atoms with Gasteiger partial charge in [0.2, 0.25) is 0 Å². The van der Waals surface area contributed by atoms with Crippen LogP contribution in [0.2, 0.25) is 0 Å². The molecule has 4 nitrogen and oxygen atoms in total. The van der Waals surface area contributed by atoms with Crippen molar-refractivity contribution in [1.82, 2.24) is 0 Å². The van der Waals surface area contributed by atoms with Crippen molar-refractivity contribution in [2.75, 3.05) is 19.8 Å². The molecule has 0 radical (unpaired) electrons. The maximum Gasteiger partial charge on any atom is 0.306 e. The summed E-state index contributed by atoms with van der Waals surface area (Å²) in [6.45, 7) is 5.30. The third kappa shape index (κ3) is 40.8. The summed E-state index contributed by atoms with van der Waals surface area (Å²) in [4.78, 5) is 12.2. The van der Waals surface area contributed by atoms with Gasteiger partial charge in [0.1, 0.15) is 6.10 Å². The van der Waals surface area contributed by atoms with Gasteiger partial charge in [-0.3, -0.25) is 4.79 Å². The van der Waals surface area contributed by atoms with Crippen LogP contribution in [0, 0.1) is 0 Å². The quantitative estimate of drug-likeness (QED) is 0.0393. The van der Waals surface area contributed by atoms with E-state index >= 15 is 0 Å². The van der Waals surface area contributed by atoms with E-state index in [0.717, 1.165) is 38.5 Å². The van der Waals surface area contributed by atoms with E-state index in [4.69, 9.17) is 9.47 Å². The van der Waals surface area contributed by atoms with E-state index in [0.29, 0.717) is 13.0 Å². The molecule has 1 atom stereocenters. The maximum absolute atomic E-state index is 12.2. The van der Waals surface area contributed by atoms with Crippen LogP contribution in [0.5, 0.6) is 0 Å². The standard InChI is InChI=1S/C46H84O4/c1-3-5-7-9-11-13-15-17-19-21-22-23-24-25-27-29-31-33-35-37-39-41-46(48)50-45(43-47)44-49-42-40-38-36-34-32-30-28-26-20-18-16-14-12-10-8-6-4-2/h14-17,20-22,26,45,47H,3-13,18-19,23-25,27-44H2,1-2H3/b16-14-,17-15-,22-21-,26-20-. The van der Waals surface area contributed by atoms with Crippen LogP contribution in [-0.2, 0) is 14.3 Å². The van der Waals surface area contributed by atoms with E-state index in [1.54, 1.807) is 0 Å². The third-order valence-electron chi connectivity index (χ3n) is 9.38. The summed E-state index contributed by atoms with van der Waals surface area (Å²) in [6.07, 6.45) is 55.9. The predicted molar refractivity (Wildman–Crippen MR) is 219 cm³/mol. The molecule has 4 heteroatoms. The summed E-state index contributed by atoms with van der Waals surface area (Å²) in [5, 5.41) is 9.60. The topological polar surface area (TPSA) is 55.8 Å². The molecule has 0 aliphatic carbocycles. The Labute approximate surface area is 312 Å². The maximum atomic E-state index is 12.2. The zero-order chi connectivity index (χ0) is 36.3. The number of rotatable bonds is 40. The van der Waals surface area contributed by atoms with Crippen molar-refractivity contribution < 1.29 is 19.4 Å². The van der Waals surface area contributed by atoms with Crippen LogP contribution in [0.4, 0.5) is 0 Å². The van der Waals surface area contributed by atoms with Crippen molar-refractivity contribution in [3.05, 3.63) is 48.6 Å². The zero-order valence-corrected chi connectivity index (χ0v) is 33.4. The second-order valence-electron chi connectivity index (χ2n) is 14.4. The van der Waals surface area contributed by atoms with Crippen molar-refractivity contribution in [1.29, 1.82) is 0 Å². The Bertz CT molecular complexity index is 783. The van der Waals surface area contributed by atoms with Crippen LogP contribution in [0.1, 0.15) is 213 Å². The molecule has 50 heavy (non-hydrogen) atoms. The Morgan fingerprint density at radius 1 is 0.480 bits per heavy atom. The van der Waals surface area contributed by atoms with Gasteiger partial charge in [-0.25, -0.2) is 0 Å². The molecule has 0 heterocycles. The van der Waals surface area contributed by atoms with Gasteiger partial charge in [-0.15, -0.1) is 0 Å². The van der Waals surface area contributed by atoms with Crippen LogP contribution < -0.4 is 0 Å². The monoisotopic (exact) mass is 701 g/mol. The first-order chi connectivity index (χ1) is 24.7. The molecule has 292 valence electrons. The van der Waals surface area contributed by atoms with Gasteiger partial charge >= 0.3 is 5.97 Å². The van der Waals surface area contributed by atoms with Crippen LogP contribution in [-0.4, -0.2) is 37.0 Å². The molecule has 0 aliphatic rings.